The highest BCUT2D eigenvalue weighted by molar-refractivity contribution is 5.81. The molecule has 1 rings (SSSR count). The molecular weight excluding hydrogens is 168 g/mol. The summed E-state index contributed by atoms with van der Waals surface area (Å²) >= 11 is 0. The van der Waals surface area contributed by atoms with Crippen LogP contribution in [-0.2, 0) is 0 Å². The quantitative estimate of drug-likeness (QED) is 0.540. The van der Waals surface area contributed by atoms with Crippen molar-refractivity contribution in [3.05, 3.63) is 23.4 Å². The van der Waals surface area contributed by atoms with Crippen LogP contribution in [0.25, 0.3) is 0 Å². The number of carbonyl (C=O) groups is 1. The summed E-state index contributed by atoms with van der Waals surface area (Å²) in [5, 5.41) is 0. The number of aromatic nitrogens is 1. The molecule has 0 aliphatic carbocycles. The summed E-state index contributed by atoms with van der Waals surface area (Å²) in [5.74, 6) is 0.211. The van der Waals surface area contributed by atoms with Crippen LogP contribution in [0.3, 0.4) is 0 Å². The lowest BCUT2D eigenvalue weighted by Gasteiger charge is -2.09. The lowest BCUT2D eigenvalue weighted by molar-refractivity contribution is 0.112. The smallest absolute Gasteiger partial charge is 0.153 e. The number of nitrogen functional groups attached to an aromatic ring is 1. The third-order valence-corrected chi connectivity index (χ3v) is 1.78. The zero-order valence-electron chi connectivity index (χ0n) is 7.10. The van der Waals surface area contributed by atoms with E-state index in [1.807, 2.05) is 0 Å². The van der Waals surface area contributed by atoms with Gasteiger partial charge in [0, 0.05) is 18.8 Å². The van der Waals surface area contributed by atoms with Crippen molar-refractivity contribution in [1.82, 2.24) is 4.98 Å². The Morgan fingerprint density at radius 3 is 2.85 bits per heavy atom. The Hall–Kier alpha value is -1.46. The van der Waals surface area contributed by atoms with Gasteiger partial charge in [0.2, 0.25) is 0 Å². The van der Waals surface area contributed by atoms with Crippen molar-refractivity contribution in [1.29, 1.82) is 0 Å². The first kappa shape index (κ1) is 9.63. The Labute approximate surface area is 75.9 Å². The fraction of sp³-hybridized carbons (Fsp3) is 0.250. The van der Waals surface area contributed by atoms with E-state index in [0.717, 1.165) is 5.56 Å². The van der Waals surface area contributed by atoms with Gasteiger partial charge in [-0.2, -0.15) is 0 Å². The minimum Gasteiger partial charge on any atom is -0.383 e. The Kier molecular flexibility index (Phi) is 2.94. The number of carbonyl (C=O) groups excluding carboxylic acids is 1. The molecule has 6 N–H and O–H groups in total. The van der Waals surface area contributed by atoms with E-state index >= 15 is 0 Å². The average Bonchev–Trinajstić information content (AvgIpc) is 2.17. The van der Waals surface area contributed by atoms with E-state index in [1.165, 1.54) is 6.20 Å². The lowest BCUT2D eigenvalue weighted by atomic mass is 10.1. The SMILES string of the molecule is NC[C@H](N)c1cnc(N)c(C=O)c1. The molecule has 0 radical (unpaired) electrons. The van der Waals surface area contributed by atoms with Crippen LogP contribution in [0.2, 0.25) is 0 Å². The minimum absolute atomic E-state index is 0.211. The third kappa shape index (κ3) is 2.01. The van der Waals surface area contributed by atoms with Gasteiger partial charge in [-0.15, -0.1) is 0 Å². The summed E-state index contributed by atoms with van der Waals surface area (Å²) in [6.45, 7) is 0.309. The van der Waals surface area contributed by atoms with Gasteiger partial charge in [0.25, 0.3) is 0 Å². The molecule has 0 amide bonds. The molecule has 1 atom stereocenters. The summed E-state index contributed by atoms with van der Waals surface area (Å²) in [6.07, 6.45) is 2.18. The highest BCUT2D eigenvalue weighted by Crippen LogP contribution is 2.12. The number of nitrogens with two attached hydrogens (primary N) is 3. The van der Waals surface area contributed by atoms with E-state index in [4.69, 9.17) is 17.2 Å². The second kappa shape index (κ2) is 3.97. The lowest BCUT2D eigenvalue weighted by Crippen LogP contribution is -2.21. The minimum atomic E-state index is -0.299. The first-order valence-electron chi connectivity index (χ1n) is 3.85. The molecule has 13 heavy (non-hydrogen) atoms. The summed E-state index contributed by atoms with van der Waals surface area (Å²) in [7, 11) is 0. The molecule has 0 aliphatic rings. The summed E-state index contributed by atoms with van der Waals surface area (Å²) in [5.41, 5.74) is 17.5. The van der Waals surface area contributed by atoms with Crippen molar-refractivity contribution >= 4 is 12.1 Å². The van der Waals surface area contributed by atoms with Crippen LogP contribution in [0.15, 0.2) is 12.3 Å². The van der Waals surface area contributed by atoms with E-state index in [0.29, 0.717) is 18.4 Å². The summed E-state index contributed by atoms with van der Waals surface area (Å²) < 4.78 is 0. The number of pyridine rings is 1. The van der Waals surface area contributed by atoms with Crippen molar-refractivity contribution in [3.63, 3.8) is 0 Å². The van der Waals surface area contributed by atoms with E-state index in [-0.39, 0.29) is 11.9 Å². The van der Waals surface area contributed by atoms with E-state index in [9.17, 15) is 4.79 Å². The molecule has 5 heteroatoms. The largest absolute Gasteiger partial charge is 0.383 e. The number of aldehydes is 1. The molecule has 0 fully saturated rings. The van der Waals surface area contributed by atoms with Crippen molar-refractivity contribution in [2.45, 2.75) is 6.04 Å². The molecule has 0 aromatic carbocycles. The van der Waals surface area contributed by atoms with Crippen LogP contribution >= 0.6 is 0 Å². The molecule has 1 aromatic rings. The number of nitrogens with zero attached hydrogens (tertiary/aromatic N) is 1. The third-order valence-electron chi connectivity index (χ3n) is 1.78. The molecule has 5 nitrogen and oxygen atoms in total. The number of hydrogen-bond donors (Lipinski definition) is 3. The topological polar surface area (TPSA) is 108 Å². The number of hydrogen-bond acceptors (Lipinski definition) is 5. The highest BCUT2D eigenvalue weighted by atomic mass is 16.1. The van der Waals surface area contributed by atoms with Gasteiger partial charge in [-0.1, -0.05) is 0 Å². The fourth-order valence-electron chi connectivity index (χ4n) is 0.943. The van der Waals surface area contributed by atoms with E-state index < -0.39 is 0 Å². The van der Waals surface area contributed by atoms with Gasteiger partial charge in [-0.3, -0.25) is 4.79 Å². The zero-order chi connectivity index (χ0) is 9.84. The van der Waals surface area contributed by atoms with E-state index in [1.54, 1.807) is 6.07 Å². The van der Waals surface area contributed by atoms with Crippen LogP contribution < -0.4 is 17.2 Å². The molecular formula is C8H12N4O. The van der Waals surface area contributed by atoms with Gasteiger partial charge in [-0.25, -0.2) is 4.98 Å². The molecule has 70 valence electrons. The van der Waals surface area contributed by atoms with Gasteiger partial charge < -0.3 is 17.2 Å². The standard InChI is InChI=1S/C8H12N4O/c9-2-7(10)5-1-6(4-13)8(11)12-3-5/h1,3-4,7H,2,9-10H2,(H2,11,12)/t7-/m0/s1. The molecule has 0 saturated heterocycles. The Morgan fingerprint density at radius 2 is 2.31 bits per heavy atom. The van der Waals surface area contributed by atoms with Gasteiger partial charge in [0.1, 0.15) is 5.82 Å². The Bertz CT molecular complexity index is 313. The molecule has 0 aliphatic heterocycles. The van der Waals surface area contributed by atoms with E-state index in [2.05, 4.69) is 4.98 Å². The van der Waals surface area contributed by atoms with Crippen molar-refractivity contribution in [3.8, 4) is 0 Å². The van der Waals surface area contributed by atoms with Crippen molar-refractivity contribution < 1.29 is 4.79 Å². The second-order valence-corrected chi connectivity index (χ2v) is 2.70. The molecule has 0 bridgehead atoms. The van der Waals surface area contributed by atoms with Gasteiger partial charge >= 0.3 is 0 Å². The summed E-state index contributed by atoms with van der Waals surface area (Å²) in [4.78, 5) is 14.3. The molecule has 1 heterocycles. The van der Waals surface area contributed by atoms with Crippen LogP contribution in [0.5, 0.6) is 0 Å². The first-order valence-corrected chi connectivity index (χ1v) is 3.85. The summed E-state index contributed by atoms with van der Waals surface area (Å²) in [6, 6.07) is 1.30. The van der Waals surface area contributed by atoms with Gasteiger partial charge in [0.05, 0.1) is 5.56 Å². The first-order chi connectivity index (χ1) is 6.19. The predicted octanol–water partition coefficient (Wildman–Crippen LogP) is -0.565. The molecule has 0 saturated carbocycles. The highest BCUT2D eigenvalue weighted by Gasteiger charge is 2.06. The molecule has 0 spiro atoms. The molecule has 0 unspecified atom stereocenters. The Morgan fingerprint density at radius 1 is 1.62 bits per heavy atom. The number of rotatable bonds is 3. The Balaban J connectivity index is 3.05. The van der Waals surface area contributed by atoms with Crippen LogP contribution in [0.1, 0.15) is 22.0 Å². The second-order valence-electron chi connectivity index (χ2n) is 2.70. The number of anilines is 1. The van der Waals surface area contributed by atoms with Crippen molar-refractivity contribution in [2.24, 2.45) is 11.5 Å². The van der Waals surface area contributed by atoms with Crippen LogP contribution in [-0.4, -0.2) is 17.8 Å². The van der Waals surface area contributed by atoms with Crippen LogP contribution in [0, 0.1) is 0 Å². The predicted molar refractivity (Wildman–Crippen MR) is 50.0 cm³/mol. The van der Waals surface area contributed by atoms with Crippen LogP contribution in [0.4, 0.5) is 5.82 Å². The maximum atomic E-state index is 10.5. The molecule has 1 aromatic heterocycles. The maximum absolute atomic E-state index is 10.5. The zero-order valence-corrected chi connectivity index (χ0v) is 7.10. The van der Waals surface area contributed by atoms with Gasteiger partial charge in [-0.05, 0) is 11.6 Å². The maximum Gasteiger partial charge on any atom is 0.153 e. The fourth-order valence-corrected chi connectivity index (χ4v) is 0.943. The average molecular weight is 180 g/mol. The van der Waals surface area contributed by atoms with Gasteiger partial charge in [0.15, 0.2) is 6.29 Å². The monoisotopic (exact) mass is 180 g/mol. The normalized spacial score (nSPS) is 12.5. The van der Waals surface area contributed by atoms with Crippen molar-refractivity contribution in [2.75, 3.05) is 12.3 Å².